The van der Waals surface area contributed by atoms with Crippen molar-refractivity contribution in [3.8, 4) is 0 Å². The fourth-order valence-electron chi connectivity index (χ4n) is 6.23. The molecule has 2 aromatic heterocycles. The van der Waals surface area contributed by atoms with Crippen molar-refractivity contribution in [1.29, 1.82) is 0 Å². The molecule has 0 N–H and O–H groups in total. The maximum atomic E-state index is 4.89. The Balaban J connectivity index is 1.51. The molecule has 0 spiro atoms. The molecule has 2 aromatic carbocycles. The van der Waals surface area contributed by atoms with Gasteiger partial charge >= 0.3 is 246 Å². The molecule has 2 atom stereocenters. The second-order valence-electron chi connectivity index (χ2n) is 12.8. The van der Waals surface area contributed by atoms with Crippen LogP contribution in [0.15, 0.2) is 91.8 Å². The quantitative estimate of drug-likeness (QED) is 0.238. The molecule has 2 nitrogen and oxygen atoms in total. The number of pyridine rings is 2. The molecule has 2 aliphatic rings. The first-order valence-electron chi connectivity index (χ1n) is 13.9. The van der Waals surface area contributed by atoms with Gasteiger partial charge in [-0.15, -0.1) is 0 Å². The van der Waals surface area contributed by atoms with Gasteiger partial charge in [-0.2, -0.15) is 0 Å². The Bertz CT molecular complexity index is 1460. The van der Waals surface area contributed by atoms with Crippen LogP contribution in [0.1, 0.15) is 98.1 Å². The summed E-state index contributed by atoms with van der Waals surface area (Å²) < 4.78 is 3.17. The molecule has 0 saturated heterocycles. The van der Waals surface area contributed by atoms with Crippen LogP contribution in [0.2, 0.25) is 0 Å². The Labute approximate surface area is 244 Å². The van der Waals surface area contributed by atoms with Crippen molar-refractivity contribution in [2.45, 2.75) is 64.2 Å². The molecule has 2 heterocycles. The normalized spacial score (nSPS) is 18.3. The van der Waals surface area contributed by atoms with Gasteiger partial charge in [-0.05, 0) is 0 Å². The van der Waals surface area contributed by atoms with Crippen LogP contribution in [0, 0.1) is 0 Å². The number of allylic oxidation sites excluding steroid dienone is 2. The zero-order chi connectivity index (χ0) is 27.4. The molecule has 39 heavy (non-hydrogen) atoms. The van der Waals surface area contributed by atoms with Gasteiger partial charge in [-0.1, -0.05) is 0 Å². The van der Waals surface area contributed by atoms with E-state index in [9.17, 15) is 0 Å². The van der Waals surface area contributed by atoms with Gasteiger partial charge in [0, 0.05) is 0 Å². The Kier molecular flexibility index (Phi) is 6.71. The Morgan fingerprint density at radius 2 is 0.974 bits per heavy atom. The third-order valence-electron chi connectivity index (χ3n) is 8.00. The van der Waals surface area contributed by atoms with E-state index >= 15 is 0 Å². The molecule has 6 rings (SSSR count). The van der Waals surface area contributed by atoms with E-state index in [0.29, 0.717) is 0 Å². The molecule has 0 amide bonds. The van der Waals surface area contributed by atoms with Gasteiger partial charge in [0.15, 0.2) is 0 Å². The van der Waals surface area contributed by atoms with Crippen molar-refractivity contribution < 1.29 is 23.2 Å². The van der Waals surface area contributed by atoms with E-state index in [1.807, 2.05) is 24.5 Å². The molecule has 0 aliphatic heterocycles. The van der Waals surface area contributed by atoms with Gasteiger partial charge in [0.05, 0.1) is 0 Å². The van der Waals surface area contributed by atoms with Crippen LogP contribution in [0.4, 0.5) is 0 Å². The van der Waals surface area contributed by atoms with Crippen LogP contribution >= 0.6 is 0 Å². The summed E-state index contributed by atoms with van der Waals surface area (Å²) in [5, 5.41) is 0. The SMILES string of the molecule is CC(C)(C)c1cccc2c1C=[C]([Zr][C]1=Cc3c(cccc3C(C)(C)C)C1c1ccccn1)C2c1ccccn1. The van der Waals surface area contributed by atoms with Crippen LogP contribution in [0.25, 0.3) is 12.2 Å². The number of nitrogens with zero attached hydrogens (tertiary/aromatic N) is 2. The molecule has 2 unspecified atom stereocenters. The molecule has 3 heteroatoms. The van der Waals surface area contributed by atoms with Crippen molar-refractivity contribution in [1.82, 2.24) is 9.97 Å². The minimum atomic E-state index is -1.21. The van der Waals surface area contributed by atoms with Gasteiger partial charge in [-0.25, -0.2) is 0 Å². The molecular formula is C36H36N2Zr. The van der Waals surface area contributed by atoms with Crippen LogP contribution in [-0.4, -0.2) is 9.97 Å². The van der Waals surface area contributed by atoms with Gasteiger partial charge in [0.2, 0.25) is 0 Å². The number of rotatable bonds is 4. The van der Waals surface area contributed by atoms with E-state index < -0.39 is 23.2 Å². The Hall–Kier alpha value is -2.90. The third-order valence-corrected chi connectivity index (χ3v) is 11.5. The summed E-state index contributed by atoms with van der Waals surface area (Å²) in [5.74, 6) is 0.456. The molecule has 0 saturated carbocycles. The molecule has 4 aromatic rings. The summed E-state index contributed by atoms with van der Waals surface area (Å²) in [6.07, 6.45) is 8.98. The average molecular weight is 588 g/mol. The van der Waals surface area contributed by atoms with E-state index in [0.717, 1.165) is 11.4 Å². The summed E-state index contributed by atoms with van der Waals surface area (Å²) in [7, 11) is 0. The Morgan fingerprint density at radius 1 is 0.538 bits per heavy atom. The zero-order valence-corrected chi connectivity index (χ0v) is 26.2. The van der Waals surface area contributed by atoms with Crippen molar-refractivity contribution in [3.63, 3.8) is 0 Å². The van der Waals surface area contributed by atoms with Crippen LogP contribution < -0.4 is 0 Å². The first kappa shape index (κ1) is 26.3. The predicted octanol–water partition coefficient (Wildman–Crippen LogP) is 8.83. The topological polar surface area (TPSA) is 25.8 Å². The summed E-state index contributed by atoms with van der Waals surface area (Å²) in [4.78, 5) is 9.79. The number of hydrogen-bond acceptors (Lipinski definition) is 2. The van der Waals surface area contributed by atoms with Crippen molar-refractivity contribution in [2.24, 2.45) is 0 Å². The van der Waals surface area contributed by atoms with Crippen LogP contribution in [0.5, 0.6) is 0 Å². The first-order chi connectivity index (χ1) is 18.6. The van der Waals surface area contributed by atoms with E-state index in [1.54, 1.807) is 6.56 Å². The van der Waals surface area contributed by atoms with Gasteiger partial charge in [-0.3, -0.25) is 0 Å². The second kappa shape index (κ2) is 9.94. The zero-order valence-electron chi connectivity index (χ0n) is 23.8. The van der Waals surface area contributed by atoms with Crippen molar-refractivity contribution in [2.75, 3.05) is 0 Å². The van der Waals surface area contributed by atoms with Crippen molar-refractivity contribution >= 4 is 12.2 Å². The van der Waals surface area contributed by atoms with Crippen LogP contribution in [-0.2, 0) is 34.1 Å². The van der Waals surface area contributed by atoms with E-state index in [4.69, 9.17) is 9.97 Å². The van der Waals surface area contributed by atoms with E-state index in [2.05, 4.69) is 114 Å². The number of aromatic nitrogens is 2. The van der Waals surface area contributed by atoms with Gasteiger partial charge in [0.25, 0.3) is 0 Å². The summed E-state index contributed by atoms with van der Waals surface area (Å²) >= 11 is -1.21. The summed E-state index contributed by atoms with van der Waals surface area (Å²) in [5.41, 5.74) is 11.0. The standard InChI is InChI=1S/2C18H18N.Zr/c2*1-18(2,3)16-8-6-7-13-14(16)10-11-15(13)17-9-4-5-12-19-17;/h2*4-10,12,15H,1-3H3;. The summed E-state index contributed by atoms with van der Waals surface area (Å²) in [6, 6.07) is 26.5. The summed E-state index contributed by atoms with van der Waals surface area (Å²) in [6.45, 7) is 13.9. The second-order valence-corrected chi connectivity index (χ2v) is 16.3. The van der Waals surface area contributed by atoms with E-state index in [-0.39, 0.29) is 22.7 Å². The number of fused-ring (bicyclic) bond motifs is 2. The molecule has 2 aliphatic carbocycles. The monoisotopic (exact) mass is 586 g/mol. The third kappa shape index (κ3) is 4.85. The van der Waals surface area contributed by atoms with Crippen LogP contribution in [0.3, 0.4) is 0 Å². The molecular weight excluding hydrogens is 552 g/mol. The predicted molar refractivity (Wildman–Crippen MR) is 158 cm³/mol. The maximum absolute atomic E-state index is 4.89. The fraction of sp³-hybridized carbons (Fsp3) is 0.278. The van der Waals surface area contributed by atoms with Gasteiger partial charge in [0.1, 0.15) is 0 Å². The number of hydrogen-bond donors (Lipinski definition) is 0. The molecule has 0 fully saturated rings. The average Bonchev–Trinajstić information content (AvgIpc) is 3.46. The number of benzene rings is 2. The van der Waals surface area contributed by atoms with Crippen molar-refractivity contribution in [3.05, 3.63) is 137 Å². The van der Waals surface area contributed by atoms with Gasteiger partial charge < -0.3 is 0 Å². The first-order valence-corrected chi connectivity index (χ1v) is 16.4. The molecule has 0 bridgehead atoms. The molecule has 0 radical (unpaired) electrons. The minimum absolute atomic E-state index is 0.0813. The molecule has 194 valence electrons. The fourth-order valence-corrected chi connectivity index (χ4v) is 10.3. The van der Waals surface area contributed by atoms with E-state index in [1.165, 1.54) is 33.4 Å². The Morgan fingerprint density at radius 3 is 1.33 bits per heavy atom.